The average Bonchev–Trinajstić information content (AvgIpc) is 2.89. The van der Waals surface area contributed by atoms with Crippen molar-refractivity contribution in [1.82, 2.24) is 4.57 Å². The predicted molar refractivity (Wildman–Crippen MR) is 90.9 cm³/mol. The Morgan fingerprint density at radius 1 is 1.07 bits per heavy atom. The number of ether oxygens (including phenoxy) is 4. The fourth-order valence-corrected chi connectivity index (χ4v) is 2.78. The standard InChI is InChI=1S/C17H20N2O9/c1-8(20)25-7-13-14(26-9(2)21)15(27-10(3)22)17(28-13)19-5-4-12(23)11(6-19)16(18)24/h4-6,13-15,17H,7H2,1-3H3,(H2,18,24). The zero-order valence-corrected chi connectivity index (χ0v) is 15.4. The van der Waals surface area contributed by atoms with Crippen molar-refractivity contribution in [3.8, 4) is 0 Å². The van der Waals surface area contributed by atoms with Crippen molar-refractivity contribution in [1.29, 1.82) is 0 Å². The molecule has 11 heteroatoms. The Hall–Kier alpha value is -3.21. The lowest BCUT2D eigenvalue weighted by atomic mass is 10.1. The number of carbonyl (C=O) groups excluding carboxylic acids is 4. The maximum absolute atomic E-state index is 11.8. The van der Waals surface area contributed by atoms with Crippen molar-refractivity contribution in [2.45, 2.75) is 45.3 Å². The molecule has 0 bridgehead atoms. The third-order valence-electron chi connectivity index (χ3n) is 3.84. The molecule has 28 heavy (non-hydrogen) atoms. The van der Waals surface area contributed by atoms with Crippen LogP contribution in [0.2, 0.25) is 0 Å². The summed E-state index contributed by atoms with van der Waals surface area (Å²) in [5, 5.41) is 0. The van der Waals surface area contributed by atoms with Gasteiger partial charge in [-0.3, -0.25) is 24.0 Å². The van der Waals surface area contributed by atoms with E-state index in [0.29, 0.717) is 0 Å². The van der Waals surface area contributed by atoms with Gasteiger partial charge in [-0.15, -0.1) is 0 Å². The fraction of sp³-hybridized carbons (Fsp3) is 0.471. The molecular weight excluding hydrogens is 376 g/mol. The summed E-state index contributed by atoms with van der Waals surface area (Å²) in [6.07, 6.45) is -1.82. The molecule has 4 atom stereocenters. The van der Waals surface area contributed by atoms with Crippen LogP contribution in [-0.4, -0.2) is 53.3 Å². The first-order chi connectivity index (χ1) is 13.1. The highest BCUT2D eigenvalue weighted by molar-refractivity contribution is 5.92. The van der Waals surface area contributed by atoms with Crippen LogP contribution in [0.3, 0.4) is 0 Å². The van der Waals surface area contributed by atoms with E-state index in [1.54, 1.807) is 0 Å². The van der Waals surface area contributed by atoms with Crippen LogP contribution < -0.4 is 11.2 Å². The Kier molecular flexibility index (Phi) is 6.52. The first-order valence-corrected chi connectivity index (χ1v) is 8.25. The van der Waals surface area contributed by atoms with Gasteiger partial charge in [-0.1, -0.05) is 0 Å². The van der Waals surface area contributed by atoms with Crippen molar-refractivity contribution < 1.29 is 38.1 Å². The summed E-state index contributed by atoms with van der Waals surface area (Å²) in [4.78, 5) is 57.4. The van der Waals surface area contributed by atoms with E-state index in [4.69, 9.17) is 24.7 Å². The van der Waals surface area contributed by atoms with Gasteiger partial charge in [-0.25, -0.2) is 0 Å². The predicted octanol–water partition coefficient (Wildman–Crippen LogP) is -0.729. The van der Waals surface area contributed by atoms with Crippen molar-refractivity contribution in [3.05, 3.63) is 34.2 Å². The molecule has 2 rings (SSSR count). The molecule has 1 amide bonds. The zero-order chi connectivity index (χ0) is 21.0. The zero-order valence-electron chi connectivity index (χ0n) is 15.4. The molecular formula is C17H20N2O9. The normalized spacial score (nSPS) is 23.7. The van der Waals surface area contributed by atoms with Crippen molar-refractivity contribution in [2.24, 2.45) is 5.73 Å². The van der Waals surface area contributed by atoms with Gasteiger partial charge in [0.1, 0.15) is 18.3 Å². The first-order valence-electron chi connectivity index (χ1n) is 8.25. The number of hydrogen-bond acceptors (Lipinski definition) is 9. The van der Waals surface area contributed by atoms with E-state index in [1.165, 1.54) is 17.7 Å². The van der Waals surface area contributed by atoms with Crippen LogP contribution in [0.5, 0.6) is 0 Å². The van der Waals surface area contributed by atoms with Gasteiger partial charge in [0, 0.05) is 39.2 Å². The van der Waals surface area contributed by atoms with Gasteiger partial charge in [-0.2, -0.15) is 0 Å². The van der Waals surface area contributed by atoms with E-state index < -0.39 is 53.8 Å². The van der Waals surface area contributed by atoms with Crippen molar-refractivity contribution in [2.75, 3.05) is 6.61 Å². The van der Waals surface area contributed by atoms with Gasteiger partial charge in [-0.05, 0) is 0 Å². The molecule has 1 aromatic heterocycles. The molecule has 1 aromatic rings. The highest BCUT2D eigenvalue weighted by atomic mass is 16.7. The minimum absolute atomic E-state index is 0.273. The molecule has 1 aliphatic rings. The van der Waals surface area contributed by atoms with E-state index in [0.717, 1.165) is 26.1 Å². The second kappa shape index (κ2) is 8.65. The maximum Gasteiger partial charge on any atom is 0.303 e. The van der Waals surface area contributed by atoms with Crippen LogP contribution in [0.15, 0.2) is 23.3 Å². The molecule has 1 fully saturated rings. The van der Waals surface area contributed by atoms with Crippen LogP contribution in [0.4, 0.5) is 0 Å². The monoisotopic (exact) mass is 396 g/mol. The highest BCUT2D eigenvalue weighted by Gasteiger charge is 2.50. The molecule has 0 saturated carbocycles. The topological polar surface area (TPSA) is 153 Å². The van der Waals surface area contributed by atoms with E-state index in [9.17, 15) is 24.0 Å². The molecule has 4 unspecified atom stereocenters. The van der Waals surface area contributed by atoms with Crippen molar-refractivity contribution >= 4 is 23.8 Å². The average molecular weight is 396 g/mol. The molecule has 0 radical (unpaired) electrons. The quantitative estimate of drug-likeness (QED) is 0.484. The number of carbonyl (C=O) groups is 4. The van der Waals surface area contributed by atoms with Gasteiger partial charge in [0.2, 0.25) is 0 Å². The molecule has 1 aliphatic heterocycles. The summed E-state index contributed by atoms with van der Waals surface area (Å²) in [6, 6.07) is 1.09. The Labute approximate surface area is 159 Å². The van der Waals surface area contributed by atoms with E-state index in [-0.39, 0.29) is 12.2 Å². The Balaban J connectivity index is 2.44. The molecule has 0 aliphatic carbocycles. The van der Waals surface area contributed by atoms with Gasteiger partial charge in [0.25, 0.3) is 5.91 Å². The lowest BCUT2D eigenvalue weighted by Gasteiger charge is -2.24. The Morgan fingerprint density at radius 3 is 2.21 bits per heavy atom. The van der Waals surface area contributed by atoms with E-state index in [1.807, 2.05) is 0 Å². The lowest BCUT2D eigenvalue weighted by molar-refractivity contribution is -0.166. The molecule has 0 aromatic carbocycles. The minimum atomic E-state index is -1.13. The first kappa shape index (κ1) is 21.1. The number of aromatic nitrogens is 1. The number of nitrogens with two attached hydrogens (primary N) is 1. The number of primary amides is 1. The minimum Gasteiger partial charge on any atom is -0.463 e. The van der Waals surface area contributed by atoms with Crippen LogP contribution in [0.1, 0.15) is 37.4 Å². The van der Waals surface area contributed by atoms with E-state index in [2.05, 4.69) is 0 Å². The summed E-state index contributed by atoms with van der Waals surface area (Å²) in [7, 11) is 0. The molecule has 1 saturated heterocycles. The number of hydrogen-bond donors (Lipinski definition) is 1. The smallest absolute Gasteiger partial charge is 0.303 e. The highest BCUT2D eigenvalue weighted by Crippen LogP contribution is 2.34. The fourth-order valence-electron chi connectivity index (χ4n) is 2.78. The third-order valence-corrected chi connectivity index (χ3v) is 3.84. The second-order valence-electron chi connectivity index (χ2n) is 6.05. The number of rotatable bonds is 6. The summed E-state index contributed by atoms with van der Waals surface area (Å²) >= 11 is 0. The van der Waals surface area contributed by atoms with Gasteiger partial charge in [0.05, 0.1) is 0 Å². The summed E-state index contributed by atoms with van der Waals surface area (Å²) < 4.78 is 22.5. The van der Waals surface area contributed by atoms with Crippen LogP contribution in [0, 0.1) is 0 Å². The largest absolute Gasteiger partial charge is 0.463 e. The second-order valence-corrected chi connectivity index (χ2v) is 6.05. The maximum atomic E-state index is 11.8. The van der Waals surface area contributed by atoms with Gasteiger partial charge >= 0.3 is 17.9 Å². The number of pyridine rings is 1. The summed E-state index contributed by atoms with van der Waals surface area (Å²) in [6.45, 7) is 3.23. The van der Waals surface area contributed by atoms with Crippen LogP contribution in [-0.2, 0) is 33.3 Å². The number of amides is 1. The molecule has 11 nitrogen and oxygen atoms in total. The Bertz CT molecular complexity index is 847. The SMILES string of the molecule is CC(=O)OCC1OC(n2ccc(=O)c(C(N)=O)c2)C(OC(C)=O)C1OC(C)=O. The number of esters is 3. The molecule has 152 valence electrons. The lowest BCUT2D eigenvalue weighted by Crippen LogP contribution is -2.40. The van der Waals surface area contributed by atoms with Crippen LogP contribution >= 0.6 is 0 Å². The van der Waals surface area contributed by atoms with Crippen LogP contribution in [0.25, 0.3) is 0 Å². The van der Waals surface area contributed by atoms with Crippen molar-refractivity contribution in [3.63, 3.8) is 0 Å². The van der Waals surface area contributed by atoms with E-state index >= 15 is 0 Å². The summed E-state index contributed by atoms with van der Waals surface area (Å²) in [5.41, 5.74) is 4.29. The molecule has 2 heterocycles. The number of nitrogens with zero attached hydrogens (tertiary/aromatic N) is 1. The molecule has 2 N–H and O–H groups in total. The molecule has 0 spiro atoms. The summed E-state index contributed by atoms with van der Waals surface area (Å²) in [5.74, 6) is -2.89. The third kappa shape index (κ3) is 4.94. The van der Waals surface area contributed by atoms with Gasteiger partial charge in [0.15, 0.2) is 23.9 Å². The Morgan fingerprint density at radius 2 is 1.68 bits per heavy atom. The van der Waals surface area contributed by atoms with Gasteiger partial charge < -0.3 is 29.2 Å².